The van der Waals surface area contributed by atoms with Gasteiger partial charge in [0.2, 0.25) is 11.8 Å². The summed E-state index contributed by atoms with van der Waals surface area (Å²) in [6, 6.07) is 3.22. The molecular weight excluding hydrogens is 438 g/mol. The molecule has 33 heavy (non-hydrogen) atoms. The van der Waals surface area contributed by atoms with E-state index in [1.807, 2.05) is 0 Å². The van der Waals surface area contributed by atoms with Crippen LogP contribution in [-0.2, 0) is 20.9 Å². The van der Waals surface area contributed by atoms with Crippen LogP contribution in [0.3, 0.4) is 0 Å². The van der Waals surface area contributed by atoms with Crippen molar-refractivity contribution in [3.05, 3.63) is 24.4 Å². The molecule has 0 radical (unpaired) electrons. The van der Waals surface area contributed by atoms with E-state index in [9.17, 15) is 18.4 Å². The monoisotopic (exact) mass is 464 g/mol. The molecule has 3 heterocycles. The fourth-order valence-electron chi connectivity index (χ4n) is 4.08. The third-order valence-electron chi connectivity index (χ3n) is 5.64. The standard InChI is InChI=1S/C21H26F2N6O4/c1-27-8-15(19(22)23)29(18(30)10-27)17-9-28-5-6-33-16-7-12(3-4-13(16)21(28)26-17)25-14(11-32-2)20(24)31/h3-4,7,9,14-15,19,25H,5-6,8,10-11H2,1-2H3,(H2,24,31)/t14?,15-/m0/s1. The summed E-state index contributed by atoms with van der Waals surface area (Å²) in [6.45, 7) is 0.942. The minimum absolute atomic E-state index is 0.0443. The fourth-order valence-corrected chi connectivity index (χ4v) is 4.08. The average Bonchev–Trinajstić information content (AvgIpc) is 3.08. The van der Waals surface area contributed by atoms with Crippen LogP contribution >= 0.6 is 0 Å². The van der Waals surface area contributed by atoms with Crippen LogP contribution in [-0.4, -0.2) is 85.2 Å². The fraction of sp³-hybridized carbons (Fsp3) is 0.476. The maximum atomic E-state index is 13.7. The summed E-state index contributed by atoms with van der Waals surface area (Å²) < 4.78 is 40.1. The summed E-state index contributed by atoms with van der Waals surface area (Å²) in [4.78, 5) is 31.5. The molecular formula is C21H26F2N6O4. The maximum Gasteiger partial charge on any atom is 0.260 e. The van der Waals surface area contributed by atoms with Crippen molar-refractivity contribution in [2.24, 2.45) is 5.73 Å². The number of nitrogens with zero attached hydrogens (tertiary/aromatic N) is 4. The summed E-state index contributed by atoms with van der Waals surface area (Å²) in [5, 5.41) is 3.01. The molecule has 2 aromatic rings. The van der Waals surface area contributed by atoms with E-state index in [2.05, 4.69) is 10.3 Å². The van der Waals surface area contributed by atoms with Gasteiger partial charge in [0.05, 0.1) is 25.3 Å². The number of carbonyl (C=O) groups is 2. The van der Waals surface area contributed by atoms with Crippen molar-refractivity contribution in [1.82, 2.24) is 14.5 Å². The number of aromatic nitrogens is 2. The second-order valence-corrected chi connectivity index (χ2v) is 8.09. The van der Waals surface area contributed by atoms with E-state index in [1.165, 1.54) is 7.11 Å². The Morgan fingerprint density at radius 3 is 2.91 bits per heavy atom. The smallest absolute Gasteiger partial charge is 0.260 e. The lowest BCUT2D eigenvalue weighted by Crippen LogP contribution is -2.58. The number of amides is 2. The lowest BCUT2D eigenvalue weighted by molar-refractivity contribution is -0.123. The van der Waals surface area contributed by atoms with E-state index in [-0.39, 0.29) is 25.5 Å². The van der Waals surface area contributed by atoms with Crippen LogP contribution in [0.1, 0.15) is 0 Å². The maximum absolute atomic E-state index is 13.7. The average molecular weight is 464 g/mol. The zero-order valence-corrected chi connectivity index (χ0v) is 18.3. The van der Waals surface area contributed by atoms with Gasteiger partial charge < -0.3 is 25.1 Å². The summed E-state index contributed by atoms with van der Waals surface area (Å²) in [5.41, 5.74) is 6.65. The molecule has 3 N–H and O–H groups in total. The molecule has 1 saturated heterocycles. The van der Waals surface area contributed by atoms with Crippen molar-refractivity contribution in [3.63, 3.8) is 0 Å². The number of nitrogens with one attached hydrogen (secondary N) is 1. The molecule has 2 atom stereocenters. The van der Waals surface area contributed by atoms with Crippen LogP contribution < -0.4 is 20.7 Å². The number of carbonyl (C=O) groups excluding carboxylic acids is 2. The van der Waals surface area contributed by atoms with Gasteiger partial charge in [0.15, 0.2) is 5.82 Å². The van der Waals surface area contributed by atoms with Gasteiger partial charge >= 0.3 is 0 Å². The highest BCUT2D eigenvalue weighted by Gasteiger charge is 2.39. The highest BCUT2D eigenvalue weighted by Crippen LogP contribution is 2.36. The number of methoxy groups -OCH3 is 1. The third-order valence-corrected chi connectivity index (χ3v) is 5.64. The van der Waals surface area contributed by atoms with Crippen molar-refractivity contribution in [3.8, 4) is 17.1 Å². The van der Waals surface area contributed by atoms with Gasteiger partial charge in [0, 0.05) is 31.6 Å². The minimum atomic E-state index is -2.70. The second kappa shape index (κ2) is 9.32. The van der Waals surface area contributed by atoms with Crippen molar-refractivity contribution in [2.45, 2.75) is 25.1 Å². The molecule has 2 amide bonds. The molecule has 0 aliphatic carbocycles. The topological polar surface area (TPSA) is 115 Å². The Hall–Kier alpha value is -3.25. The van der Waals surface area contributed by atoms with Gasteiger partial charge in [-0.2, -0.15) is 0 Å². The van der Waals surface area contributed by atoms with Crippen molar-refractivity contribution in [2.75, 3.05) is 50.7 Å². The molecule has 0 saturated carbocycles. The van der Waals surface area contributed by atoms with Crippen molar-refractivity contribution >= 4 is 23.3 Å². The van der Waals surface area contributed by atoms with Crippen LogP contribution in [0.5, 0.6) is 5.75 Å². The SMILES string of the molecule is COCC(Nc1ccc2c(c1)OCCn1cc(N3C(=O)CN(C)C[C@H]3C(F)F)nc1-2)C(N)=O. The quantitative estimate of drug-likeness (QED) is 0.622. The number of nitrogens with two attached hydrogens (primary N) is 1. The zero-order chi connectivity index (χ0) is 23.7. The zero-order valence-electron chi connectivity index (χ0n) is 18.3. The Balaban J connectivity index is 1.66. The predicted octanol–water partition coefficient (Wildman–Crippen LogP) is 0.767. The largest absolute Gasteiger partial charge is 0.491 e. The van der Waals surface area contributed by atoms with Gasteiger partial charge in [-0.05, 0) is 19.2 Å². The normalized spacial score (nSPS) is 19.5. The summed E-state index contributed by atoms with van der Waals surface area (Å²) in [5.74, 6) is 0.225. The molecule has 1 fully saturated rings. The molecule has 1 aromatic heterocycles. The van der Waals surface area contributed by atoms with Crippen molar-refractivity contribution in [1.29, 1.82) is 0 Å². The molecule has 178 valence electrons. The number of hydrogen-bond donors (Lipinski definition) is 2. The van der Waals surface area contributed by atoms with Crippen LogP contribution in [0.2, 0.25) is 0 Å². The van der Waals surface area contributed by atoms with E-state index in [0.29, 0.717) is 36.0 Å². The molecule has 1 aromatic carbocycles. The number of benzene rings is 1. The number of anilines is 2. The lowest BCUT2D eigenvalue weighted by atomic mass is 10.1. The van der Waals surface area contributed by atoms with E-state index < -0.39 is 30.3 Å². The van der Waals surface area contributed by atoms with E-state index in [0.717, 1.165) is 4.90 Å². The number of fused-ring (bicyclic) bond motifs is 3. The van der Waals surface area contributed by atoms with E-state index >= 15 is 0 Å². The number of hydrogen-bond acceptors (Lipinski definition) is 7. The first kappa shape index (κ1) is 22.9. The number of rotatable bonds is 7. The van der Waals surface area contributed by atoms with Gasteiger partial charge in [-0.3, -0.25) is 19.4 Å². The number of ether oxygens (including phenoxy) is 2. The Bertz CT molecular complexity index is 1050. The number of primary amides is 1. The minimum Gasteiger partial charge on any atom is -0.491 e. The van der Waals surface area contributed by atoms with Gasteiger partial charge in [-0.25, -0.2) is 13.8 Å². The van der Waals surface area contributed by atoms with Gasteiger partial charge in [-0.15, -0.1) is 0 Å². The predicted molar refractivity (Wildman–Crippen MR) is 116 cm³/mol. The first-order valence-electron chi connectivity index (χ1n) is 10.5. The Labute approximate surface area is 189 Å². The van der Waals surface area contributed by atoms with Gasteiger partial charge in [0.1, 0.15) is 30.3 Å². The molecule has 12 heteroatoms. The molecule has 2 aliphatic rings. The van der Waals surface area contributed by atoms with E-state index in [4.69, 9.17) is 15.2 Å². The van der Waals surface area contributed by atoms with Crippen LogP contribution in [0.15, 0.2) is 24.4 Å². The highest BCUT2D eigenvalue weighted by molar-refractivity contribution is 5.95. The van der Waals surface area contributed by atoms with Crippen LogP contribution in [0.25, 0.3) is 11.4 Å². The van der Waals surface area contributed by atoms with Gasteiger partial charge in [0.25, 0.3) is 6.43 Å². The third kappa shape index (κ3) is 4.62. The molecule has 1 unspecified atom stereocenters. The first-order chi connectivity index (χ1) is 15.8. The Morgan fingerprint density at radius 2 is 2.21 bits per heavy atom. The number of likely N-dealkylation sites (N-methyl/N-ethyl adjacent to an activating group) is 1. The number of piperazine rings is 1. The molecule has 4 rings (SSSR count). The lowest BCUT2D eigenvalue weighted by Gasteiger charge is -2.37. The first-order valence-corrected chi connectivity index (χ1v) is 10.5. The highest BCUT2D eigenvalue weighted by atomic mass is 19.3. The second-order valence-electron chi connectivity index (χ2n) is 8.09. The van der Waals surface area contributed by atoms with E-state index in [1.54, 1.807) is 40.9 Å². The molecule has 0 bridgehead atoms. The van der Waals surface area contributed by atoms with Crippen LogP contribution in [0, 0.1) is 0 Å². The molecule has 0 spiro atoms. The molecule has 2 aliphatic heterocycles. The number of alkyl halides is 2. The summed E-state index contributed by atoms with van der Waals surface area (Å²) in [7, 11) is 3.11. The molecule has 10 nitrogen and oxygen atoms in total. The Morgan fingerprint density at radius 1 is 1.42 bits per heavy atom. The van der Waals surface area contributed by atoms with Crippen molar-refractivity contribution < 1.29 is 27.8 Å². The Kier molecular flexibility index (Phi) is 6.47. The van der Waals surface area contributed by atoms with Gasteiger partial charge in [-0.1, -0.05) is 0 Å². The summed E-state index contributed by atoms with van der Waals surface area (Å²) in [6.07, 6.45) is -1.09. The summed E-state index contributed by atoms with van der Waals surface area (Å²) >= 11 is 0. The number of halogens is 2. The van der Waals surface area contributed by atoms with Crippen LogP contribution in [0.4, 0.5) is 20.3 Å². The number of imidazole rings is 1.